The van der Waals surface area contributed by atoms with Crippen molar-refractivity contribution in [1.29, 1.82) is 0 Å². The minimum absolute atomic E-state index is 0.224. The molecule has 2 aliphatic rings. The van der Waals surface area contributed by atoms with Crippen LogP contribution in [0.3, 0.4) is 0 Å². The van der Waals surface area contributed by atoms with Crippen molar-refractivity contribution >= 4 is 17.7 Å². The number of terminal acetylenes is 1. The second-order valence-corrected chi connectivity index (χ2v) is 5.82. The smallest absolute Gasteiger partial charge is 0.255 e. The molecule has 1 saturated heterocycles. The fourth-order valence-electron chi connectivity index (χ4n) is 2.97. The number of piperidine rings is 1. The van der Waals surface area contributed by atoms with Crippen LogP contribution in [0.1, 0.15) is 28.8 Å². The summed E-state index contributed by atoms with van der Waals surface area (Å²) in [5.74, 6) is 1.99. The van der Waals surface area contributed by atoms with Gasteiger partial charge in [0.05, 0.1) is 6.61 Å². The molecule has 7 heteroatoms. The Kier molecular flexibility index (Phi) is 5.00. The van der Waals surface area contributed by atoms with Gasteiger partial charge in [-0.1, -0.05) is 12.0 Å². The molecule has 0 spiro atoms. The average Bonchev–Trinajstić information content (AvgIpc) is 2.91. The van der Waals surface area contributed by atoms with Gasteiger partial charge >= 0.3 is 0 Å². The molecular formula is C18H18N2O5. The van der Waals surface area contributed by atoms with Crippen LogP contribution in [0.4, 0.5) is 0 Å². The van der Waals surface area contributed by atoms with E-state index >= 15 is 0 Å². The van der Waals surface area contributed by atoms with Gasteiger partial charge in [0.2, 0.25) is 11.8 Å². The zero-order chi connectivity index (χ0) is 17.8. The lowest BCUT2D eigenvalue weighted by molar-refractivity contribution is -0.136. The number of imide groups is 1. The number of hydrogen-bond acceptors (Lipinski definition) is 5. The molecule has 1 aromatic rings. The van der Waals surface area contributed by atoms with Crippen molar-refractivity contribution in [3.05, 3.63) is 29.3 Å². The fourth-order valence-corrected chi connectivity index (χ4v) is 2.97. The Bertz CT molecular complexity index is 752. The number of carbonyl (C=O) groups excluding carboxylic acids is 3. The lowest BCUT2D eigenvalue weighted by atomic mass is 10.0. The molecule has 1 atom stereocenters. The number of hydrogen-bond donors (Lipinski definition) is 1. The number of carbonyl (C=O) groups is 3. The number of benzene rings is 1. The highest BCUT2D eigenvalue weighted by Crippen LogP contribution is 2.30. The van der Waals surface area contributed by atoms with Crippen LogP contribution < -0.4 is 10.1 Å². The largest absolute Gasteiger partial charge is 0.491 e. The van der Waals surface area contributed by atoms with Crippen LogP contribution in [0.25, 0.3) is 0 Å². The Morgan fingerprint density at radius 2 is 2.12 bits per heavy atom. The van der Waals surface area contributed by atoms with Crippen LogP contribution in [0.15, 0.2) is 18.2 Å². The van der Waals surface area contributed by atoms with E-state index in [2.05, 4.69) is 11.2 Å². The van der Waals surface area contributed by atoms with Crippen LogP contribution in [0.5, 0.6) is 5.75 Å². The first-order chi connectivity index (χ1) is 12.1. The minimum Gasteiger partial charge on any atom is -0.491 e. The Hall–Kier alpha value is -2.85. The maximum Gasteiger partial charge on any atom is 0.255 e. The monoisotopic (exact) mass is 342 g/mol. The minimum atomic E-state index is -0.612. The third kappa shape index (κ3) is 3.64. The Labute approximate surface area is 145 Å². The van der Waals surface area contributed by atoms with Crippen molar-refractivity contribution in [3.63, 3.8) is 0 Å². The standard InChI is InChI=1S/C18H18N2O5/c1-2-7-24-8-9-25-13-4-3-12-11-20(18(23)14(12)10-13)15-5-6-16(21)19-17(15)22/h1,3-4,10,15H,5-9,11H2,(H,19,21,22). The summed E-state index contributed by atoms with van der Waals surface area (Å²) in [4.78, 5) is 37.4. The molecule has 0 bridgehead atoms. The van der Waals surface area contributed by atoms with Gasteiger partial charge in [-0.15, -0.1) is 6.42 Å². The molecule has 1 N–H and O–H groups in total. The number of nitrogens with one attached hydrogen (secondary N) is 1. The molecular weight excluding hydrogens is 324 g/mol. The quantitative estimate of drug-likeness (QED) is 0.462. The summed E-state index contributed by atoms with van der Waals surface area (Å²) in [6, 6.07) is 4.65. The predicted molar refractivity (Wildman–Crippen MR) is 87.6 cm³/mol. The molecule has 2 aliphatic heterocycles. The molecule has 2 heterocycles. The van der Waals surface area contributed by atoms with E-state index < -0.39 is 11.9 Å². The van der Waals surface area contributed by atoms with Crippen molar-refractivity contribution in [2.24, 2.45) is 0 Å². The Morgan fingerprint density at radius 1 is 1.28 bits per heavy atom. The second-order valence-electron chi connectivity index (χ2n) is 5.82. The normalized spacial score (nSPS) is 19.4. The van der Waals surface area contributed by atoms with Crippen LogP contribution in [-0.4, -0.2) is 48.5 Å². The third-order valence-electron chi connectivity index (χ3n) is 4.18. The molecule has 0 aromatic heterocycles. The lowest BCUT2D eigenvalue weighted by Crippen LogP contribution is -2.52. The van der Waals surface area contributed by atoms with Gasteiger partial charge in [0.15, 0.2) is 0 Å². The van der Waals surface area contributed by atoms with Crippen LogP contribution in [0.2, 0.25) is 0 Å². The summed E-state index contributed by atoms with van der Waals surface area (Å²) in [7, 11) is 0. The molecule has 25 heavy (non-hydrogen) atoms. The van der Waals surface area contributed by atoms with Crippen molar-refractivity contribution in [2.45, 2.75) is 25.4 Å². The van der Waals surface area contributed by atoms with E-state index in [1.165, 1.54) is 4.90 Å². The fraction of sp³-hybridized carbons (Fsp3) is 0.389. The highest BCUT2D eigenvalue weighted by molar-refractivity contribution is 6.05. The lowest BCUT2D eigenvalue weighted by Gasteiger charge is -2.29. The van der Waals surface area contributed by atoms with Crippen molar-refractivity contribution in [2.75, 3.05) is 19.8 Å². The molecule has 0 radical (unpaired) electrons. The highest BCUT2D eigenvalue weighted by atomic mass is 16.5. The van der Waals surface area contributed by atoms with E-state index in [9.17, 15) is 14.4 Å². The van der Waals surface area contributed by atoms with E-state index in [0.717, 1.165) is 5.56 Å². The van der Waals surface area contributed by atoms with Crippen LogP contribution >= 0.6 is 0 Å². The van der Waals surface area contributed by atoms with Crippen LogP contribution in [0, 0.1) is 12.3 Å². The van der Waals surface area contributed by atoms with Gasteiger partial charge in [0.25, 0.3) is 5.91 Å². The molecule has 1 fully saturated rings. The summed E-state index contributed by atoms with van der Waals surface area (Å²) in [5.41, 5.74) is 1.36. The Balaban J connectivity index is 1.64. The number of ether oxygens (including phenoxy) is 2. The predicted octanol–water partition coefficient (Wildman–Crippen LogP) is 0.476. The van der Waals surface area contributed by atoms with E-state index in [-0.39, 0.29) is 24.8 Å². The first kappa shape index (κ1) is 17.0. The molecule has 0 aliphatic carbocycles. The van der Waals surface area contributed by atoms with E-state index in [0.29, 0.717) is 37.5 Å². The number of nitrogens with zero attached hydrogens (tertiary/aromatic N) is 1. The van der Waals surface area contributed by atoms with Gasteiger partial charge in [-0.3, -0.25) is 19.7 Å². The molecule has 0 saturated carbocycles. The number of amides is 3. The van der Waals surface area contributed by atoms with Gasteiger partial charge in [0, 0.05) is 18.5 Å². The maximum atomic E-state index is 12.6. The highest BCUT2D eigenvalue weighted by Gasteiger charge is 2.39. The summed E-state index contributed by atoms with van der Waals surface area (Å²) in [6.45, 7) is 1.27. The first-order valence-corrected chi connectivity index (χ1v) is 8.01. The van der Waals surface area contributed by atoms with Gasteiger partial charge < -0.3 is 14.4 Å². The molecule has 3 amide bonds. The van der Waals surface area contributed by atoms with E-state index in [1.807, 2.05) is 6.07 Å². The summed E-state index contributed by atoms with van der Waals surface area (Å²) in [6.07, 6.45) is 5.67. The van der Waals surface area contributed by atoms with Gasteiger partial charge in [-0.25, -0.2) is 0 Å². The first-order valence-electron chi connectivity index (χ1n) is 8.01. The summed E-state index contributed by atoms with van der Waals surface area (Å²) < 4.78 is 10.7. The van der Waals surface area contributed by atoms with Crippen molar-refractivity contribution < 1.29 is 23.9 Å². The second kappa shape index (κ2) is 7.36. The van der Waals surface area contributed by atoms with Crippen molar-refractivity contribution in [3.8, 4) is 18.1 Å². The molecule has 130 valence electrons. The topological polar surface area (TPSA) is 84.9 Å². The van der Waals surface area contributed by atoms with E-state index in [4.69, 9.17) is 15.9 Å². The maximum absolute atomic E-state index is 12.6. The van der Waals surface area contributed by atoms with Gasteiger partial charge in [-0.2, -0.15) is 0 Å². The summed E-state index contributed by atoms with van der Waals surface area (Å²) >= 11 is 0. The molecule has 7 nitrogen and oxygen atoms in total. The molecule has 3 rings (SSSR count). The molecule has 1 aromatic carbocycles. The zero-order valence-corrected chi connectivity index (χ0v) is 13.6. The molecule has 1 unspecified atom stereocenters. The average molecular weight is 342 g/mol. The SMILES string of the molecule is C#CCOCCOc1ccc2c(c1)C(=O)N(C1CCC(=O)NC1=O)C2. The summed E-state index contributed by atoms with van der Waals surface area (Å²) in [5, 5.41) is 2.29. The third-order valence-corrected chi connectivity index (χ3v) is 4.18. The van der Waals surface area contributed by atoms with Gasteiger partial charge in [0.1, 0.15) is 25.0 Å². The number of rotatable bonds is 6. The zero-order valence-electron chi connectivity index (χ0n) is 13.6. The van der Waals surface area contributed by atoms with E-state index in [1.54, 1.807) is 12.1 Å². The van der Waals surface area contributed by atoms with Crippen LogP contribution in [-0.2, 0) is 20.9 Å². The Morgan fingerprint density at radius 3 is 2.88 bits per heavy atom. The van der Waals surface area contributed by atoms with Crippen molar-refractivity contribution in [1.82, 2.24) is 10.2 Å². The number of fused-ring (bicyclic) bond motifs is 1. The van der Waals surface area contributed by atoms with Gasteiger partial charge in [-0.05, 0) is 24.1 Å².